The minimum atomic E-state index is -2.91. The third kappa shape index (κ3) is 4.39. The summed E-state index contributed by atoms with van der Waals surface area (Å²) in [5.41, 5.74) is 1.14. The zero-order chi connectivity index (χ0) is 13.6. The standard InChI is InChI=1S/C14H27NO2S/c1-4-9-15-13(11-12(3)5-2)14-8-6-7-10-18(14,16)17/h13-15H,3-11H2,1-2H3. The van der Waals surface area contributed by atoms with Crippen molar-refractivity contribution < 1.29 is 8.42 Å². The minimum absolute atomic E-state index is 0.0581. The highest BCUT2D eigenvalue weighted by Gasteiger charge is 2.35. The Morgan fingerprint density at radius 3 is 2.67 bits per heavy atom. The topological polar surface area (TPSA) is 46.2 Å². The summed E-state index contributed by atoms with van der Waals surface area (Å²) in [6.07, 6.45) is 5.42. The molecule has 0 saturated carbocycles. The van der Waals surface area contributed by atoms with Gasteiger partial charge in [0.1, 0.15) is 0 Å². The predicted octanol–water partition coefficient (Wildman–Crippen LogP) is 2.68. The van der Waals surface area contributed by atoms with Crippen LogP contribution in [0.4, 0.5) is 0 Å². The van der Waals surface area contributed by atoms with Gasteiger partial charge in [0.25, 0.3) is 0 Å². The molecule has 2 unspecified atom stereocenters. The van der Waals surface area contributed by atoms with Gasteiger partial charge in [-0.2, -0.15) is 0 Å². The van der Waals surface area contributed by atoms with E-state index in [2.05, 4.69) is 25.7 Å². The van der Waals surface area contributed by atoms with Gasteiger partial charge in [0.05, 0.1) is 11.0 Å². The van der Waals surface area contributed by atoms with Crippen molar-refractivity contribution >= 4 is 9.84 Å². The van der Waals surface area contributed by atoms with Gasteiger partial charge in [0.2, 0.25) is 0 Å². The minimum Gasteiger partial charge on any atom is -0.312 e. The molecule has 4 heteroatoms. The van der Waals surface area contributed by atoms with Crippen molar-refractivity contribution in [3.63, 3.8) is 0 Å². The van der Waals surface area contributed by atoms with Crippen LogP contribution in [0.2, 0.25) is 0 Å². The Morgan fingerprint density at radius 1 is 1.39 bits per heavy atom. The smallest absolute Gasteiger partial charge is 0.154 e. The molecule has 0 amide bonds. The van der Waals surface area contributed by atoms with Crippen molar-refractivity contribution in [3.8, 4) is 0 Å². The van der Waals surface area contributed by atoms with Gasteiger partial charge in [0.15, 0.2) is 9.84 Å². The summed E-state index contributed by atoms with van der Waals surface area (Å²) in [7, 11) is -2.91. The summed E-state index contributed by atoms with van der Waals surface area (Å²) in [5.74, 6) is 0.362. The molecule has 18 heavy (non-hydrogen) atoms. The molecule has 0 bridgehead atoms. The largest absolute Gasteiger partial charge is 0.312 e. The van der Waals surface area contributed by atoms with Crippen molar-refractivity contribution in [1.29, 1.82) is 0 Å². The third-order valence-electron chi connectivity index (χ3n) is 3.74. The van der Waals surface area contributed by atoms with Gasteiger partial charge in [-0.15, -0.1) is 0 Å². The van der Waals surface area contributed by atoms with Gasteiger partial charge >= 0.3 is 0 Å². The molecule has 1 aliphatic rings. The number of rotatable bonds is 7. The lowest BCUT2D eigenvalue weighted by atomic mass is 9.99. The Bertz CT molecular complexity index is 362. The molecule has 1 saturated heterocycles. The van der Waals surface area contributed by atoms with Crippen molar-refractivity contribution in [2.24, 2.45) is 0 Å². The fourth-order valence-corrected chi connectivity index (χ4v) is 4.68. The van der Waals surface area contributed by atoms with Gasteiger partial charge in [-0.25, -0.2) is 8.42 Å². The summed E-state index contributed by atoms with van der Waals surface area (Å²) in [6.45, 7) is 9.09. The van der Waals surface area contributed by atoms with E-state index in [1.807, 2.05) is 0 Å². The van der Waals surface area contributed by atoms with Crippen molar-refractivity contribution in [2.75, 3.05) is 12.3 Å². The van der Waals surface area contributed by atoms with Crippen LogP contribution in [0, 0.1) is 0 Å². The molecular weight excluding hydrogens is 246 g/mol. The monoisotopic (exact) mass is 273 g/mol. The van der Waals surface area contributed by atoms with Crippen LogP contribution in [0.1, 0.15) is 52.4 Å². The zero-order valence-corrected chi connectivity index (χ0v) is 12.6. The van der Waals surface area contributed by atoms with Crippen LogP contribution >= 0.6 is 0 Å². The fourth-order valence-electron chi connectivity index (χ4n) is 2.55. The number of sulfone groups is 1. The van der Waals surface area contributed by atoms with Crippen molar-refractivity contribution in [2.45, 2.75) is 63.7 Å². The van der Waals surface area contributed by atoms with Crippen molar-refractivity contribution in [3.05, 3.63) is 12.2 Å². The molecule has 106 valence electrons. The van der Waals surface area contributed by atoms with E-state index in [1.165, 1.54) is 0 Å². The highest BCUT2D eigenvalue weighted by Crippen LogP contribution is 2.25. The molecule has 1 heterocycles. The third-order valence-corrected chi connectivity index (χ3v) is 6.09. The SMILES string of the molecule is C=C(CC)CC(NCCC)C1CCCCS1(=O)=O. The van der Waals surface area contributed by atoms with E-state index in [0.717, 1.165) is 50.6 Å². The van der Waals surface area contributed by atoms with E-state index < -0.39 is 9.84 Å². The quantitative estimate of drug-likeness (QED) is 0.725. The first-order valence-corrected chi connectivity index (χ1v) is 8.84. The van der Waals surface area contributed by atoms with Gasteiger partial charge in [-0.1, -0.05) is 32.4 Å². The van der Waals surface area contributed by atoms with E-state index >= 15 is 0 Å². The molecule has 3 nitrogen and oxygen atoms in total. The lowest BCUT2D eigenvalue weighted by Crippen LogP contribution is -2.47. The van der Waals surface area contributed by atoms with Crippen LogP contribution in [0.15, 0.2) is 12.2 Å². The maximum atomic E-state index is 12.2. The molecule has 1 N–H and O–H groups in total. The average molecular weight is 273 g/mol. The van der Waals surface area contributed by atoms with Crippen LogP contribution < -0.4 is 5.32 Å². The van der Waals surface area contributed by atoms with Crippen LogP contribution in [0.25, 0.3) is 0 Å². The molecule has 1 aliphatic heterocycles. The van der Waals surface area contributed by atoms with E-state index in [1.54, 1.807) is 0 Å². The first-order chi connectivity index (χ1) is 8.51. The molecular formula is C14H27NO2S. The van der Waals surface area contributed by atoms with E-state index in [4.69, 9.17) is 0 Å². The summed E-state index contributed by atoms with van der Waals surface area (Å²) < 4.78 is 24.4. The first-order valence-electron chi connectivity index (χ1n) is 7.12. The van der Waals surface area contributed by atoms with Gasteiger partial charge < -0.3 is 5.32 Å². The molecule has 0 spiro atoms. The number of hydrogen-bond donors (Lipinski definition) is 1. The summed E-state index contributed by atoms with van der Waals surface area (Å²) in [4.78, 5) is 0. The van der Waals surface area contributed by atoms with Gasteiger partial charge in [-0.05, 0) is 38.6 Å². The molecule has 0 aromatic heterocycles. The number of nitrogens with one attached hydrogen (secondary N) is 1. The molecule has 0 aromatic carbocycles. The van der Waals surface area contributed by atoms with Crippen LogP contribution in [0.5, 0.6) is 0 Å². The summed E-state index contributed by atoms with van der Waals surface area (Å²) in [6, 6.07) is 0.0581. The Morgan fingerprint density at radius 2 is 2.11 bits per heavy atom. The molecule has 0 aliphatic carbocycles. The average Bonchev–Trinajstić information content (AvgIpc) is 2.34. The van der Waals surface area contributed by atoms with Crippen LogP contribution in [-0.2, 0) is 9.84 Å². The van der Waals surface area contributed by atoms with Crippen LogP contribution in [0.3, 0.4) is 0 Å². The molecule has 1 fully saturated rings. The van der Waals surface area contributed by atoms with Gasteiger partial charge in [-0.3, -0.25) is 0 Å². The number of hydrogen-bond acceptors (Lipinski definition) is 3. The fraction of sp³-hybridized carbons (Fsp3) is 0.857. The molecule has 0 aromatic rings. The second kappa shape index (κ2) is 7.29. The predicted molar refractivity (Wildman–Crippen MR) is 77.6 cm³/mol. The Kier molecular flexibility index (Phi) is 6.36. The lowest BCUT2D eigenvalue weighted by molar-refractivity contribution is 0.431. The maximum Gasteiger partial charge on any atom is 0.154 e. The second-order valence-corrected chi connectivity index (χ2v) is 7.61. The normalized spacial score (nSPS) is 24.7. The maximum absolute atomic E-state index is 12.2. The zero-order valence-electron chi connectivity index (χ0n) is 11.7. The molecule has 2 atom stereocenters. The van der Waals surface area contributed by atoms with E-state index in [9.17, 15) is 8.42 Å². The highest BCUT2D eigenvalue weighted by molar-refractivity contribution is 7.92. The highest BCUT2D eigenvalue weighted by atomic mass is 32.2. The molecule has 0 radical (unpaired) electrons. The lowest BCUT2D eigenvalue weighted by Gasteiger charge is -2.31. The van der Waals surface area contributed by atoms with Crippen LogP contribution in [-0.4, -0.2) is 32.0 Å². The van der Waals surface area contributed by atoms with E-state index in [-0.39, 0.29) is 11.3 Å². The van der Waals surface area contributed by atoms with Gasteiger partial charge in [0, 0.05) is 6.04 Å². The first kappa shape index (κ1) is 15.7. The molecule has 1 rings (SSSR count). The summed E-state index contributed by atoms with van der Waals surface area (Å²) in [5, 5.41) is 3.21. The second-order valence-electron chi connectivity index (χ2n) is 5.27. The Hall–Kier alpha value is -0.350. The summed E-state index contributed by atoms with van der Waals surface area (Å²) >= 11 is 0. The Labute approximate surface area is 112 Å². The Balaban J connectivity index is 2.76. The van der Waals surface area contributed by atoms with E-state index in [0.29, 0.717) is 5.75 Å². The van der Waals surface area contributed by atoms with Crippen molar-refractivity contribution in [1.82, 2.24) is 5.32 Å².